The Hall–Kier alpha value is -2.84. The van der Waals surface area contributed by atoms with E-state index in [1.807, 2.05) is 36.1 Å². The van der Waals surface area contributed by atoms with Crippen LogP contribution in [0.3, 0.4) is 0 Å². The summed E-state index contributed by atoms with van der Waals surface area (Å²) in [5.74, 6) is 0.633. The van der Waals surface area contributed by atoms with E-state index in [-0.39, 0.29) is 17.5 Å². The van der Waals surface area contributed by atoms with Gasteiger partial charge in [-0.15, -0.1) is 0 Å². The van der Waals surface area contributed by atoms with E-state index in [9.17, 15) is 9.59 Å². The fraction of sp³-hybridized carbons (Fsp3) is 0.600. The molecule has 1 amide bonds. The van der Waals surface area contributed by atoms with Crippen molar-refractivity contribution in [1.82, 2.24) is 14.8 Å². The number of pyridine rings is 1. The third-order valence-electron chi connectivity index (χ3n) is 7.53. The second-order valence-corrected chi connectivity index (χ2v) is 10.6. The molecule has 8 nitrogen and oxygen atoms in total. The molecule has 1 fully saturated rings. The van der Waals surface area contributed by atoms with E-state index in [4.69, 9.17) is 9.47 Å². The molecule has 1 saturated heterocycles. The van der Waals surface area contributed by atoms with Gasteiger partial charge in [0.05, 0.1) is 31.4 Å². The van der Waals surface area contributed by atoms with Crippen LogP contribution in [0.15, 0.2) is 41.3 Å². The van der Waals surface area contributed by atoms with Gasteiger partial charge in [-0.2, -0.15) is 0 Å². The summed E-state index contributed by atoms with van der Waals surface area (Å²) in [6.45, 7) is 7.86. The van der Waals surface area contributed by atoms with Crippen LogP contribution in [-0.4, -0.2) is 68.4 Å². The Balaban J connectivity index is 1.55. The lowest BCUT2D eigenvalue weighted by Gasteiger charge is -2.29. The summed E-state index contributed by atoms with van der Waals surface area (Å²) in [4.78, 5) is 31.2. The van der Waals surface area contributed by atoms with Crippen LogP contribution < -0.4 is 20.5 Å². The molecular formula is C30H44N4O4. The molecule has 4 rings (SSSR count). The molecule has 1 atom stereocenters. The van der Waals surface area contributed by atoms with E-state index < -0.39 is 0 Å². The largest absolute Gasteiger partial charge is 0.494 e. The van der Waals surface area contributed by atoms with Crippen LogP contribution >= 0.6 is 0 Å². The number of aryl methyl sites for hydroxylation is 1. The second kappa shape index (κ2) is 14.4. The molecule has 3 heterocycles. The minimum absolute atomic E-state index is 0.0288. The Morgan fingerprint density at radius 3 is 2.34 bits per heavy atom. The SMILES string of the molecule is C[C@H]1NC(=O)c2cc(N3CCOCC3)c(=O)n(c2)CCCCCCCCN(C)CCCOc2cccc1c2. The average Bonchev–Trinajstić information content (AvgIpc) is 2.93. The summed E-state index contributed by atoms with van der Waals surface area (Å²) in [5.41, 5.74) is 2.05. The number of carbonyl (C=O) groups excluding carboxylic acids is 1. The summed E-state index contributed by atoms with van der Waals surface area (Å²) in [6, 6.07) is 9.48. The van der Waals surface area contributed by atoms with E-state index in [1.165, 1.54) is 19.3 Å². The lowest BCUT2D eigenvalue weighted by molar-refractivity contribution is 0.0939. The molecule has 4 bridgehead atoms. The third kappa shape index (κ3) is 8.08. The topological polar surface area (TPSA) is 76.0 Å². The Kier molecular flexibility index (Phi) is 10.6. The van der Waals surface area contributed by atoms with Crippen molar-refractivity contribution in [3.63, 3.8) is 0 Å². The van der Waals surface area contributed by atoms with Crippen molar-refractivity contribution in [1.29, 1.82) is 0 Å². The van der Waals surface area contributed by atoms with Gasteiger partial charge in [0.1, 0.15) is 11.4 Å². The second-order valence-electron chi connectivity index (χ2n) is 10.6. The first-order valence-electron chi connectivity index (χ1n) is 14.3. The first kappa shape index (κ1) is 28.2. The number of morpholine rings is 1. The molecule has 2 aliphatic heterocycles. The van der Waals surface area contributed by atoms with Crippen molar-refractivity contribution >= 4 is 11.6 Å². The lowest BCUT2D eigenvalue weighted by atomic mass is 10.1. The van der Waals surface area contributed by atoms with Gasteiger partial charge in [-0.1, -0.05) is 37.8 Å². The van der Waals surface area contributed by atoms with E-state index >= 15 is 0 Å². The third-order valence-corrected chi connectivity index (χ3v) is 7.53. The molecule has 2 aromatic rings. The highest BCUT2D eigenvalue weighted by atomic mass is 16.5. The van der Waals surface area contributed by atoms with Crippen molar-refractivity contribution < 1.29 is 14.3 Å². The number of anilines is 1. The molecule has 0 unspecified atom stereocenters. The monoisotopic (exact) mass is 524 g/mol. The Morgan fingerprint density at radius 2 is 1.55 bits per heavy atom. The van der Waals surface area contributed by atoms with Crippen molar-refractivity contribution in [3.8, 4) is 5.75 Å². The maximum atomic E-state index is 13.4. The van der Waals surface area contributed by atoms with Gasteiger partial charge in [0.25, 0.3) is 11.5 Å². The minimum atomic E-state index is -0.206. The molecule has 2 aliphatic rings. The van der Waals surface area contributed by atoms with Gasteiger partial charge in [-0.3, -0.25) is 9.59 Å². The van der Waals surface area contributed by atoms with Crippen molar-refractivity contribution in [2.75, 3.05) is 57.9 Å². The highest BCUT2D eigenvalue weighted by molar-refractivity contribution is 5.95. The zero-order chi connectivity index (χ0) is 26.7. The number of nitrogens with one attached hydrogen (secondary N) is 1. The fourth-order valence-corrected chi connectivity index (χ4v) is 5.19. The number of amides is 1. The Morgan fingerprint density at radius 1 is 0.842 bits per heavy atom. The van der Waals surface area contributed by atoms with Crippen LogP contribution in [0, 0.1) is 0 Å². The van der Waals surface area contributed by atoms with Gasteiger partial charge >= 0.3 is 0 Å². The lowest BCUT2D eigenvalue weighted by Crippen LogP contribution is -2.41. The normalized spacial score (nSPS) is 21.5. The summed E-state index contributed by atoms with van der Waals surface area (Å²) < 4.78 is 13.2. The zero-order valence-corrected chi connectivity index (χ0v) is 23.1. The molecule has 208 valence electrons. The number of ether oxygens (including phenoxy) is 2. The van der Waals surface area contributed by atoms with Crippen LogP contribution in [-0.2, 0) is 11.3 Å². The van der Waals surface area contributed by atoms with Crippen molar-refractivity contribution in [2.24, 2.45) is 0 Å². The quantitative estimate of drug-likeness (QED) is 0.602. The number of rotatable bonds is 1. The molecular weight excluding hydrogens is 480 g/mol. The smallest absolute Gasteiger partial charge is 0.274 e. The van der Waals surface area contributed by atoms with Crippen LogP contribution in [0.4, 0.5) is 5.69 Å². The minimum Gasteiger partial charge on any atom is -0.494 e. The van der Waals surface area contributed by atoms with E-state index in [1.54, 1.807) is 16.8 Å². The Bertz CT molecular complexity index is 1100. The number of fused-ring (bicyclic) bond motifs is 4. The Labute approximate surface area is 226 Å². The van der Waals surface area contributed by atoms with Crippen LogP contribution in [0.2, 0.25) is 0 Å². The summed E-state index contributed by atoms with van der Waals surface area (Å²) in [7, 11) is 2.18. The average molecular weight is 525 g/mol. The summed E-state index contributed by atoms with van der Waals surface area (Å²) in [5, 5.41) is 3.13. The molecule has 8 heteroatoms. The predicted molar refractivity (Wildman–Crippen MR) is 151 cm³/mol. The predicted octanol–water partition coefficient (Wildman–Crippen LogP) is 4.23. The number of hydrogen-bond acceptors (Lipinski definition) is 6. The highest BCUT2D eigenvalue weighted by Gasteiger charge is 2.20. The maximum Gasteiger partial charge on any atom is 0.274 e. The highest BCUT2D eigenvalue weighted by Crippen LogP contribution is 2.21. The molecule has 1 aromatic carbocycles. The zero-order valence-electron chi connectivity index (χ0n) is 23.1. The van der Waals surface area contributed by atoms with Gasteiger partial charge in [0, 0.05) is 32.4 Å². The molecule has 1 aromatic heterocycles. The molecule has 0 radical (unpaired) electrons. The maximum absolute atomic E-state index is 13.4. The van der Waals surface area contributed by atoms with E-state index in [2.05, 4.69) is 17.3 Å². The van der Waals surface area contributed by atoms with Crippen LogP contribution in [0.25, 0.3) is 0 Å². The summed E-state index contributed by atoms with van der Waals surface area (Å²) in [6.07, 6.45) is 9.52. The van der Waals surface area contributed by atoms with Gasteiger partial charge in [-0.25, -0.2) is 0 Å². The fourth-order valence-electron chi connectivity index (χ4n) is 5.19. The van der Waals surface area contributed by atoms with E-state index in [0.29, 0.717) is 50.7 Å². The first-order chi connectivity index (χ1) is 18.5. The number of aromatic nitrogens is 1. The number of carbonyl (C=O) groups is 1. The van der Waals surface area contributed by atoms with Crippen LogP contribution in [0.5, 0.6) is 5.75 Å². The van der Waals surface area contributed by atoms with Gasteiger partial charge in [-0.05, 0) is 63.5 Å². The molecule has 1 N–H and O–H groups in total. The van der Waals surface area contributed by atoms with Gasteiger partial charge in [0.15, 0.2) is 0 Å². The van der Waals surface area contributed by atoms with E-state index in [0.717, 1.165) is 50.1 Å². The van der Waals surface area contributed by atoms with Crippen molar-refractivity contribution in [3.05, 3.63) is 58.0 Å². The number of benzene rings is 1. The summed E-state index contributed by atoms with van der Waals surface area (Å²) >= 11 is 0. The number of hydrogen-bond donors (Lipinski definition) is 1. The molecule has 38 heavy (non-hydrogen) atoms. The van der Waals surface area contributed by atoms with Gasteiger partial charge < -0.3 is 29.2 Å². The van der Waals surface area contributed by atoms with Crippen LogP contribution in [0.1, 0.15) is 73.8 Å². The standard InChI is InChI=1S/C30H44N4O4/c1-24-25-11-9-12-27(21-25)38-18-10-14-32(2)13-7-5-3-4-6-8-15-34-23-26(29(35)31-24)22-28(30(34)36)33-16-19-37-20-17-33/h9,11-12,21-24H,3-8,10,13-20H2,1-2H3,(H,31,35)/t24-/m1/s1. The number of nitrogens with zero attached hydrogens (tertiary/aromatic N) is 3. The molecule has 0 saturated carbocycles. The molecule has 0 spiro atoms. The molecule has 0 aliphatic carbocycles. The van der Waals surface area contributed by atoms with Crippen molar-refractivity contribution in [2.45, 2.75) is 64.5 Å². The first-order valence-corrected chi connectivity index (χ1v) is 14.3. The van der Waals surface area contributed by atoms with Gasteiger partial charge in [0.2, 0.25) is 0 Å².